The number of anilines is 1. The molecule has 1 aliphatic heterocycles. The van der Waals surface area contributed by atoms with Crippen molar-refractivity contribution >= 4 is 57.1 Å². The summed E-state index contributed by atoms with van der Waals surface area (Å²) < 4.78 is 6.22. The zero-order valence-corrected chi connectivity index (χ0v) is 21.0. The molecule has 0 spiro atoms. The number of hydrogen-bond donors (Lipinski definition) is 2. The maximum absolute atomic E-state index is 12.8. The van der Waals surface area contributed by atoms with Crippen molar-refractivity contribution in [2.75, 3.05) is 11.9 Å². The van der Waals surface area contributed by atoms with Crippen molar-refractivity contribution in [2.24, 2.45) is 0 Å². The molecule has 0 radical (unpaired) electrons. The number of ether oxygens (including phenoxy) is 1. The number of nitrogens with zero attached hydrogens (tertiary/aromatic N) is 1. The molecule has 35 heavy (non-hydrogen) atoms. The second-order valence-corrected chi connectivity index (χ2v) is 9.19. The summed E-state index contributed by atoms with van der Waals surface area (Å²) in [6.07, 6.45) is 1.58. The van der Waals surface area contributed by atoms with E-state index in [0.29, 0.717) is 26.5 Å². The van der Waals surface area contributed by atoms with E-state index >= 15 is 0 Å². The van der Waals surface area contributed by atoms with Gasteiger partial charge in [0.25, 0.3) is 11.8 Å². The van der Waals surface area contributed by atoms with E-state index in [-0.39, 0.29) is 24.8 Å². The fourth-order valence-corrected chi connectivity index (χ4v) is 3.99. The molecule has 0 saturated carbocycles. The van der Waals surface area contributed by atoms with E-state index in [9.17, 15) is 14.4 Å². The first-order valence-electron chi connectivity index (χ1n) is 10.7. The Kier molecular flexibility index (Phi) is 7.53. The van der Waals surface area contributed by atoms with Crippen LogP contribution >= 0.6 is 27.5 Å². The zero-order chi connectivity index (χ0) is 24.9. The minimum atomic E-state index is -0.491. The Labute approximate surface area is 215 Å². The maximum Gasteiger partial charge on any atom is 0.329 e. The van der Waals surface area contributed by atoms with Crippen molar-refractivity contribution in [2.45, 2.75) is 13.5 Å². The van der Waals surface area contributed by atoms with Crippen LogP contribution in [0, 0.1) is 6.92 Å². The van der Waals surface area contributed by atoms with Gasteiger partial charge in [-0.25, -0.2) is 4.79 Å². The summed E-state index contributed by atoms with van der Waals surface area (Å²) in [6, 6.07) is 19.1. The minimum absolute atomic E-state index is 0.139. The molecule has 9 heteroatoms. The van der Waals surface area contributed by atoms with Gasteiger partial charge in [0.1, 0.15) is 11.4 Å². The van der Waals surface area contributed by atoms with Crippen LogP contribution in [0.4, 0.5) is 10.5 Å². The first kappa shape index (κ1) is 24.5. The summed E-state index contributed by atoms with van der Waals surface area (Å²) in [5.41, 5.74) is 3.42. The smallest absolute Gasteiger partial charge is 0.329 e. The highest BCUT2D eigenvalue weighted by molar-refractivity contribution is 9.10. The molecule has 0 bridgehead atoms. The fourth-order valence-electron chi connectivity index (χ4n) is 3.36. The van der Waals surface area contributed by atoms with Gasteiger partial charge in [0.2, 0.25) is 0 Å². The summed E-state index contributed by atoms with van der Waals surface area (Å²) in [5, 5.41) is 5.96. The third kappa shape index (κ3) is 6.29. The highest BCUT2D eigenvalue weighted by atomic mass is 79.9. The van der Waals surface area contributed by atoms with Crippen LogP contribution in [0.2, 0.25) is 5.02 Å². The minimum Gasteiger partial charge on any atom is -0.483 e. The molecule has 3 aromatic rings. The number of hydrogen-bond acceptors (Lipinski definition) is 4. The lowest BCUT2D eigenvalue weighted by Crippen LogP contribution is -2.30. The van der Waals surface area contributed by atoms with Gasteiger partial charge < -0.3 is 15.4 Å². The van der Waals surface area contributed by atoms with Gasteiger partial charge in [-0.05, 0) is 76.5 Å². The van der Waals surface area contributed by atoms with Crippen molar-refractivity contribution in [1.29, 1.82) is 0 Å². The predicted octanol–water partition coefficient (Wildman–Crippen LogP) is 5.52. The average Bonchev–Trinajstić information content (AvgIpc) is 3.08. The molecule has 4 rings (SSSR count). The summed E-state index contributed by atoms with van der Waals surface area (Å²) >= 11 is 9.33. The Balaban J connectivity index is 1.37. The molecule has 178 valence electrons. The van der Waals surface area contributed by atoms with Gasteiger partial charge >= 0.3 is 6.03 Å². The number of carbonyl (C=O) groups excluding carboxylic acids is 3. The molecular weight excluding hydrogens is 534 g/mol. The van der Waals surface area contributed by atoms with Gasteiger partial charge in [0.15, 0.2) is 6.61 Å². The molecule has 0 aromatic heterocycles. The molecule has 1 aliphatic rings. The number of amides is 4. The number of rotatable bonds is 7. The molecule has 3 aromatic carbocycles. The third-order valence-corrected chi connectivity index (χ3v) is 6.05. The van der Waals surface area contributed by atoms with Gasteiger partial charge in [-0.1, -0.05) is 47.5 Å². The van der Waals surface area contributed by atoms with Crippen LogP contribution in [0.25, 0.3) is 6.08 Å². The van der Waals surface area contributed by atoms with Gasteiger partial charge in [-0.15, -0.1) is 0 Å². The second-order valence-electron chi connectivity index (χ2n) is 7.90. The van der Waals surface area contributed by atoms with Gasteiger partial charge in [-0.2, -0.15) is 0 Å². The molecule has 1 heterocycles. The van der Waals surface area contributed by atoms with E-state index in [1.807, 2.05) is 31.2 Å². The number of carbonyl (C=O) groups is 3. The van der Waals surface area contributed by atoms with E-state index in [0.717, 1.165) is 16.0 Å². The topological polar surface area (TPSA) is 87.7 Å². The van der Waals surface area contributed by atoms with E-state index in [1.54, 1.807) is 48.5 Å². The van der Waals surface area contributed by atoms with Crippen LogP contribution in [-0.2, 0) is 16.1 Å². The number of imide groups is 1. The Bertz CT molecular complexity index is 1310. The first-order chi connectivity index (χ1) is 16.8. The van der Waals surface area contributed by atoms with Crippen LogP contribution in [0.3, 0.4) is 0 Å². The number of benzene rings is 3. The number of nitrogens with one attached hydrogen (secondary N) is 2. The van der Waals surface area contributed by atoms with Gasteiger partial charge in [0, 0.05) is 10.7 Å². The summed E-state index contributed by atoms with van der Waals surface area (Å²) in [5.74, 6) is -0.237. The Morgan fingerprint density at radius 1 is 1.09 bits per heavy atom. The van der Waals surface area contributed by atoms with Crippen LogP contribution in [-0.4, -0.2) is 29.4 Å². The first-order valence-corrected chi connectivity index (χ1v) is 11.8. The normalized spacial score (nSPS) is 14.3. The lowest BCUT2D eigenvalue weighted by Gasteiger charge is -2.11. The zero-order valence-electron chi connectivity index (χ0n) is 18.7. The molecule has 2 N–H and O–H groups in total. The molecule has 4 amide bonds. The number of aryl methyl sites for hydroxylation is 1. The molecule has 1 fully saturated rings. The quantitative estimate of drug-likeness (QED) is 0.297. The standard InChI is InChI=1S/C26H21BrClN3O4/c1-16-2-9-20(10-3-16)29-24(32)15-35-23-11-6-18(12-21(23)27)13-22-25(33)31(26(34)30-22)14-17-4-7-19(28)8-5-17/h2-13H,14-15H2,1H3,(H,29,32)(H,30,34)/b22-13-. The lowest BCUT2D eigenvalue weighted by molar-refractivity contribution is -0.123. The van der Waals surface area contributed by atoms with Crippen LogP contribution < -0.4 is 15.4 Å². The highest BCUT2D eigenvalue weighted by Crippen LogP contribution is 2.28. The van der Waals surface area contributed by atoms with Crippen molar-refractivity contribution in [3.8, 4) is 5.75 Å². The SMILES string of the molecule is Cc1ccc(NC(=O)COc2ccc(/C=C3\NC(=O)N(Cc4ccc(Cl)cc4)C3=O)cc2Br)cc1. The van der Waals surface area contributed by atoms with E-state index in [1.165, 1.54) is 0 Å². The number of urea groups is 1. The van der Waals surface area contributed by atoms with Crippen LogP contribution in [0.5, 0.6) is 5.75 Å². The number of halogens is 2. The summed E-state index contributed by atoms with van der Waals surface area (Å²) in [7, 11) is 0. The molecular formula is C26H21BrClN3O4. The highest BCUT2D eigenvalue weighted by Gasteiger charge is 2.33. The third-order valence-electron chi connectivity index (χ3n) is 5.18. The largest absolute Gasteiger partial charge is 0.483 e. The van der Waals surface area contributed by atoms with E-state index in [2.05, 4.69) is 26.6 Å². The van der Waals surface area contributed by atoms with Gasteiger partial charge in [-0.3, -0.25) is 14.5 Å². The maximum atomic E-state index is 12.8. The van der Waals surface area contributed by atoms with E-state index < -0.39 is 11.9 Å². The Morgan fingerprint density at radius 2 is 1.80 bits per heavy atom. The van der Waals surface area contributed by atoms with Gasteiger partial charge in [0.05, 0.1) is 11.0 Å². The van der Waals surface area contributed by atoms with Crippen LogP contribution in [0.1, 0.15) is 16.7 Å². The average molecular weight is 555 g/mol. The van der Waals surface area contributed by atoms with Crippen LogP contribution in [0.15, 0.2) is 76.9 Å². The van der Waals surface area contributed by atoms with Crippen molar-refractivity contribution < 1.29 is 19.1 Å². The summed E-state index contributed by atoms with van der Waals surface area (Å²) in [4.78, 5) is 38.4. The monoisotopic (exact) mass is 553 g/mol. The summed E-state index contributed by atoms with van der Waals surface area (Å²) in [6.45, 7) is 1.95. The molecule has 0 aliphatic carbocycles. The fraction of sp³-hybridized carbons (Fsp3) is 0.115. The molecule has 0 atom stereocenters. The predicted molar refractivity (Wildman–Crippen MR) is 138 cm³/mol. The molecule has 0 unspecified atom stereocenters. The Morgan fingerprint density at radius 3 is 2.49 bits per heavy atom. The second kappa shape index (κ2) is 10.8. The van der Waals surface area contributed by atoms with Crippen molar-refractivity contribution in [3.63, 3.8) is 0 Å². The molecule has 7 nitrogen and oxygen atoms in total. The lowest BCUT2D eigenvalue weighted by atomic mass is 10.1. The van der Waals surface area contributed by atoms with E-state index in [4.69, 9.17) is 16.3 Å². The Hall–Kier alpha value is -3.62. The van der Waals surface area contributed by atoms with Crippen molar-refractivity contribution in [1.82, 2.24) is 10.2 Å². The molecule has 1 saturated heterocycles. The van der Waals surface area contributed by atoms with Crippen molar-refractivity contribution in [3.05, 3.63) is 98.6 Å².